The van der Waals surface area contributed by atoms with E-state index in [-0.39, 0.29) is 30.1 Å². The second-order valence-corrected chi connectivity index (χ2v) is 9.34. The average molecular weight is 440 g/mol. The second-order valence-electron chi connectivity index (χ2n) is 7.24. The molecular weight excluding hydrogens is 419 g/mol. The molecule has 0 aliphatic carbocycles. The summed E-state index contributed by atoms with van der Waals surface area (Å²) in [4.78, 5) is 12.3. The summed E-state index contributed by atoms with van der Waals surface area (Å²) in [6, 6.07) is 17.6. The van der Waals surface area contributed by atoms with Gasteiger partial charge in [0.2, 0.25) is 10.0 Å². The van der Waals surface area contributed by atoms with Crippen LogP contribution in [-0.2, 0) is 23.1 Å². The highest BCUT2D eigenvalue weighted by Gasteiger charge is 2.24. The number of aromatic carboxylic acids is 1. The van der Waals surface area contributed by atoms with Gasteiger partial charge in [0.05, 0.1) is 5.75 Å². The van der Waals surface area contributed by atoms with E-state index in [1.807, 2.05) is 42.5 Å². The van der Waals surface area contributed by atoms with Gasteiger partial charge in [-0.15, -0.1) is 0 Å². The Morgan fingerprint density at radius 3 is 2.55 bits per heavy atom. The van der Waals surface area contributed by atoms with Crippen molar-refractivity contribution in [2.75, 3.05) is 5.75 Å². The zero-order valence-electron chi connectivity index (χ0n) is 16.8. The van der Waals surface area contributed by atoms with Crippen LogP contribution in [0.3, 0.4) is 0 Å². The molecule has 3 aromatic carbocycles. The van der Waals surface area contributed by atoms with E-state index in [1.54, 1.807) is 4.57 Å². The van der Waals surface area contributed by atoms with Gasteiger partial charge in [0.15, 0.2) is 0 Å². The monoisotopic (exact) mass is 440 g/mol. The Balaban J connectivity index is 1.92. The summed E-state index contributed by atoms with van der Waals surface area (Å²) in [5, 5.41) is 12.4. The minimum atomic E-state index is -3.56. The van der Waals surface area contributed by atoms with Crippen LogP contribution in [0, 0.1) is 5.82 Å². The van der Waals surface area contributed by atoms with Crippen molar-refractivity contribution in [2.45, 2.75) is 20.0 Å². The van der Waals surface area contributed by atoms with Gasteiger partial charge in [-0.3, -0.25) is 0 Å². The molecule has 31 heavy (non-hydrogen) atoms. The lowest BCUT2D eigenvalue weighted by molar-refractivity contribution is 0.0685. The van der Waals surface area contributed by atoms with Crippen molar-refractivity contribution < 1.29 is 22.7 Å². The first-order valence-electron chi connectivity index (χ1n) is 9.78. The molecule has 0 aliphatic rings. The molecule has 0 bridgehead atoms. The number of fused-ring (bicyclic) bond motifs is 2. The fourth-order valence-corrected chi connectivity index (χ4v) is 4.44. The van der Waals surface area contributed by atoms with E-state index in [9.17, 15) is 22.7 Å². The Bertz CT molecular complexity index is 1400. The molecule has 1 heterocycles. The fraction of sp³-hybridized carbons (Fsp3) is 0.174. The lowest BCUT2D eigenvalue weighted by Crippen LogP contribution is -2.25. The summed E-state index contributed by atoms with van der Waals surface area (Å²) in [5.41, 5.74) is 1.60. The lowest BCUT2D eigenvalue weighted by Gasteiger charge is -2.12. The van der Waals surface area contributed by atoms with E-state index in [2.05, 4.69) is 4.72 Å². The van der Waals surface area contributed by atoms with Crippen molar-refractivity contribution in [1.29, 1.82) is 0 Å². The predicted octanol–water partition coefficient (Wildman–Crippen LogP) is 4.12. The Morgan fingerprint density at radius 1 is 1.06 bits per heavy atom. The molecular formula is C23H21FN2O4S. The van der Waals surface area contributed by atoms with Gasteiger partial charge in [0, 0.05) is 29.6 Å². The molecule has 0 unspecified atom stereocenters. The largest absolute Gasteiger partial charge is 0.477 e. The second kappa shape index (κ2) is 8.13. The van der Waals surface area contributed by atoms with Crippen molar-refractivity contribution >= 4 is 37.7 Å². The predicted molar refractivity (Wildman–Crippen MR) is 118 cm³/mol. The minimum absolute atomic E-state index is 0.0627. The summed E-state index contributed by atoms with van der Waals surface area (Å²) in [7, 11) is -3.56. The fourth-order valence-electron chi connectivity index (χ4n) is 3.87. The summed E-state index contributed by atoms with van der Waals surface area (Å²) < 4.78 is 42.0. The van der Waals surface area contributed by atoms with E-state index in [0.717, 1.165) is 16.3 Å². The first-order valence-corrected chi connectivity index (χ1v) is 11.4. The maximum Gasteiger partial charge on any atom is 0.352 e. The molecule has 1 aromatic heterocycles. The molecule has 0 saturated carbocycles. The first kappa shape index (κ1) is 21.0. The van der Waals surface area contributed by atoms with Gasteiger partial charge in [0.25, 0.3) is 0 Å². The van der Waals surface area contributed by atoms with Gasteiger partial charge in [0.1, 0.15) is 11.5 Å². The Hall–Kier alpha value is -3.23. The highest BCUT2D eigenvalue weighted by atomic mass is 32.2. The molecule has 0 saturated heterocycles. The highest BCUT2D eigenvalue weighted by Crippen LogP contribution is 2.30. The molecule has 6 nitrogen and oxygen atoms in total. The van der Waals surface area contributed by atoms with Crippen LogP contribution in [0.4, 0.5) is 4.39 Å². The van der Waals surface area contributed by atoms with E-state index in [1.165, 1.54) is 25.1 Å². The van der Waals surface area contributed by atoms with Crippen molar-refractivity contribution in [1.82, 2.24) is 9.29 Å². The lowest BCUT2D eigenvalue weighted by atomic mass is 10.0. The average Bonchev–Trinajstić information content (AvgIpc) is 3.05. The highest BCUT2D eigenvalue weighted by molar-refractivity contribution is 7.89. The molecule has 4 aromatic rings. The van der Waals surface area contributed by atoms with Gasteiger partial charge in [-0.2, -0.15) is 0 Å². The first-order chi connectivity index (χ1) is 14.8. The van der Waals surface area contributed by atoms with Gasteiger partial charge < -0.3 is 9.67 Å². The molecule has 4 rings (SSSR count). The van der Waals surface area contributed by atoms with Gasteiger partial charge in [-0.1, -0.05) is 42.5 Å². The normalized spacial score (nSPS) is 11.9. The number of carbonyl (C=O) groups is 1. The van der Waals surface area contributed by atoms with Crippen LogP contribution in [0.5, 0.6) is 0 Å². The number of benzene rings is 3. The smallest absolute Gasteiger partial charge is 0.352 e. The molecule has 160 valence electrons. The van der Waals surface area contributed by atoms with Gasteiger partial charge in [-0.05, 0) is 41.5 Å². The SMILES string of the molecule is CCS(=O)(=O)NCc1c(C(=O)O)n(Cc2cccc3ccccc23)c2ccc(F)cc12. The number of hydrogen-bond donors (Lipinski definition) is 2. The number of carboxylic acids is 1. The zero-order valence-corrected chi connectivity index (χ0v) is 17.6. The standard InChI is InChI=1S/C23H21FN2O4S/c1-2-31(29,30)25-13-20-19-12-17(24)10-11-21(19)26(22(20)23(27)28)14-16-8-5-7-15-6-3-4-9-18(15)16/h3-12,25H,2,13-14H2,1H3,(H,27,28). The summed E-state index contributed by atoms with van der Waals surface area (Å²) in [6.07, 6.45) is 0. The van der Waals surface area contributed by atoms with Crippen molar-refractivity contribution in [3.8, 4) is 0 Å². The Labute approximate surface area is 179 Å². The third-order valence-corrected chi connectivity index (χ3v) is 6.73. The van der Waals surface area contributed by atoms with Crippen LogP contribution >= 0.6 is 0 Å². The summed E-state index contributed by atoms with van der Waals surface area (Å²) >= 11 is 0. The third kappa shape index (κ3) is 4.04. The van der Waals surface area contributed by atoms with Crippen molar-refractivity contribution in [2.24, 2.45) is 0 Å². The topological polar surface area (TPSA) is 88.4 Å². The molecule has 2 N–H and O–H groups in total. The number of nitrogens with one attached hydrogen (secondary N) is 1. The number of aromatic nitrogens is 1. The number of nitrogens with zero attached hydrogens (tertiary/aromatic N) is 1. The number of carboxylic acid groups (broad SMARTS) is 1. The van der Waals surface area contributed by atoms with Crippen molar-refractivity contribution in [3.63, 3.8) is 0 Å². The number of sulfonamides is 1. The van der Waals surface area contributed by atoms with E-state index >= 15 is 0 Å². The summed E-state index contributed by atoms with van der Waals surface area (Å²) in [5.74, 6) is -1.87. The van der Waals surface area contributed by atoms with Crippen LogP contribution in [0.25, 0.3) is 21.7 Å². The number of rotatable bonds is 7. The number of halogens is 1. The van der Waals surface area contributed by atoms with E-state index in [0.29, 0.717) is 10.9 Å². The van der Waals surface area contributed by atoms with Crippen LogP contribution in [0.1, 0.15) is 28.5 Å². The van der Waals surface area contributed by atoms with Gasteiger partial charge in [-0.25, -0.2) is 22.3 Å². The van der Waals surface area contributed by atoms with Crippen molar-refractivity contribution in [3.05, 3.63) is 83.3 Å². The van der Waals surface area contributed by atoms with Crippen LogP contribution < -0.4 is 4.72 Å². The molecule has 0 radical (unpaired) electrons. The van der Waals surface area contributed by atoms with E-state index in [4.69, 9.17) is 0 Å². The van der Waals surface area contributed by atoms with Crippen LogP contribution in [0.15, 0.2) is 60.7 Å². The molecule has 0 amide bonds. The Morgan fingerprint density at radius 2 is 1.81 bits per heavy atom. The molecule has 0 aliphatic heterocycles. The number of hydrogen-bond acceptors (Lipinski definition) is 3. The maximum atomic E-state index is 14.0. The molecule has 0 spiro atoms. The van der Waals surface area contributed by atoms with Crippen LogP contribution in [-0.4, -0.2) is 29.8 Å². The minimum Gasteiger partial charge on any atom is -0.477 e. The van der Waals surface area contributed by atoms with E-state index < -0.39 is 21.8 Å². The molecule has 8 heteroatoms. The summed E-state index contributed by atoms with van der Waals surface area (Å²) in [6.45, 7) is 1.50. The Kier molecular flexibility index (Phi) is 5.51. The third-order valence-electron chi connectivity index (χ3n) is 5.39. The molecule has 0 fully saturated rings. The zero-order chi connectivity index (χ0) is 22.2. The maximum absolute atomic E-state index is 14.0. The molecule has 0 atom stereocenters. The van der Waals surface area contributed by atoms with Gasteiger partial charge >= 0.3 is 5.97 Å². The van der Waals surface area contributed by atoms with Crippen LogP contribution in [0.2, 0.25) is 0 Å². The quantitative estimate of drug-likeness (QED) is 0.453.